The lowest BCUT2D eigenvalue weighted by atomic mass is 10.3. The smallest absolute Gasteiger partial charge is 0.271 e. The number of carbonyl (C=O) groups excluding carboxylic acids is 1. The largest absolute Gasteiger partial charge is 0.489 e. The predicted molar refractivity (Wildman–Crippen MR) is 45.3 cm³/mol. The molecule has 0 aliphatic carbocycles. The molecule has 3 N–H and O–H groups in total. The Hall–Kier alpha value is -1.62. The van der Waals surface area contributed by atoms with Gasteiger partial charge in [-0.25, -0.2) is 4.98 Å². The number of primary amides is 1. The fourth-order valence-corrected chi connectivity index (χ4v) is 0.848. The van der Waals surface area contributed by atoms with Gasteiger partial charge in [-0.3, -0.25) is 4.79 Å². The molecule has 0 aliphatic rings. The number of carbonyl (C=O) groups is 1. The number of rotatable bonds is 4. The van der Waals surface area contributed by atoms with Gasteiger partial charge in [-0.15, -0.1) is 0 Å². The Morgan fingerprint density at radius 3 is 3.08 bits per heavy atom. The molecule has 0 aromatic carbocycles. The average molecular weight is 182 g/mol. The third-order valence-corrected chi connectivity index (χ3v) is 1.35. The molecule has 1 heterocycles. The SMILES string of the molecule is NC(=O)c1ncccc1OCCO. The molecule has 0 unspecified atom stereocenters. The van der Waals surface area contributed by atoms with Crippen LogP contribution in [0.15, 0.2) is 18.3 Å². The van der Waals surface area contributed by atoms with Crippen molar-refractivity contribution in [2.45, 2.75) is 0 Å². The molecule has 1 aromatic rings. The van der Waals surface area contributed by atoms with Gasteiger partial charge in [0.1, 0.15) is 6.61 Å². The first-order valence-electron chi connectivity index (χ1n) is 3.74. The normalized spacial score (nSPS) is 9.62. The Bertz CT molecular complexity index is 301. The summed E-state index contributed by atoms with van der Waals surface area (Å²) in [6.45, 7) is -0.000923. The van der Waals surface area contributed by atoms with Crippen LogP contribution in [0, 0.1) is 0 Å². The maximum atomic E-state index is 10.8. The molecule has 1 aromatic heterocycles. The molecule has 0 saturated carbocycles. The first-order valence-corrected chi connectivity index (χ1v) is 3.74. The minimum atomic E-state index is -0.645. The van der Waals surface area contributed by atoms with Gasteiger partial charge in [0.25, 0.3) is 5.91 Å². The molecular formula is C8H10N2O3. The van der Waals surface area contributed by atoms with E-state index in [4.69, 9.17) is 15.6 Å². The van der Waals surface area contributed by atoms with Crippen molar-refractivity contribution in [2.75, 3.05) is 13.2 Å². The zero-order valence-corrected chi connectivity index (χ0v) is 6.93. The molecule has 1 rings (SSSR count). The van der Waals surface area contributed by atoms with Gasteiger partial charge in [-0.1, -0.05) is 0 Å². The van der Waals surface area contributed by atoms with Gasteiger partial charge in [-0.2, -0.15) is 0 Å². The van der Waals surface area contributed by atoms with Crippen molar-refractivity contribution in [2.24, 2.45) is 5.73 Å². The first-order chi connectivity index (χ1) is 6.25. The van der Waals surface area contributed by atoms with Crippen LogP contribution in [0.25, 0.3) is 0 Å². The number of nitrogens with two attached hydrogens (primary N) is 1. The van der Waals surface area contributed by atoms with E-state index in [1.807, 2.05) is 0 Å². The van der Waals surface area contributed by atoms with E-state index in [1.54, 1.807) is 12.1 Å². The van der Waals surface area contributed by atoms with Crippen LogP contribution in [0.4, 0.5) is 0 Å². The van der Waals surface area contributed by atoms with Crippen LogP contribution in [0.3, 0.4) is 0 Å². The zero-order chi connectivity index (χ0) is 9.68. The summed E-state index contributed by atoms with van der Waals surface area (Å²) in [4.78, 5) is 14.6. The molecule has 0 aliphatic heterocycles. The van der Waals surface area contributed by atoms with Crippen LogP contribution in [-0.4, -0.2) is 29.2 Å². The van der Waals surface area contributed by atoms with Crippen LogP contribution >= 0.6 is 0 Å². The Kier molecular flexibility index (Phi) is 3.22. The number of ether oxygens (including phenoxy) is 1. The summed E-state index contributed by atoms with van der Waals surface area (Å²) >= 11 is 0. The lowest BCUT2D eigenvalue weighted by Crippen LogP contribution is -2.15. The number of hydrogen-bond donors (Lipinski definition) is 2. The highest BCUT2D eigenvalue weighted by Gasteiger charge is 2.09. The van der Waals surface area contributed by atoms with Crippen molar-refractivity contribution < 1.29 is 14.6 Å². The number of hydrogen-bond acceptors (Lipinski definition) is 4. The molecule has 0 atom stereocenters. The van der Waals surface area contributed by atoms with Crippen molar-refractivity contribution >= 4 is 5.91 Å². The quantitative estimate of drug-likeness (QED) is 0.660. The van der Waals surface area contributed by atoms with E-state index in [-0.39, 0.29) is 18.9 Å². The summed E-state index contributed by atoms with van der Waals surface area (Å²) in [5.41, 5.74) is 5.12. The highest BCUT2D eigenvalue weighted by molar-refractivity contribution is 5.93. The number of aliphatic hydroxyl groups excluding tert-OH is 1. The van der Waals surface area contributed by atoms with Gasteiger partial charge in [0, 0.05) is 6.20 Å². The fraction of sp³-hybridized carbons (Fsp3) is 0.250. The number of pyridine rings is 1. The summed E-state index contributed by atoms with van der Waals surface area (Å²) < 4.78 is 5.03. The first kappa shape index (κ1) is 9.47. The second-order valence-corrected chi connectivity index (χ2v) is 2.29. The van der Waals surface area contributed by atoms with E-state index >= 15 is 0 Å². The van der Waals surface area contributed by atoms with E-state index < -0.39 is 5.91 Å². The van der Waals surface area contributed by atoms with Gasteiger partial charge in [-0.05, 0) is 12.1 Å². The van der Waals surface area contributed by atoms with E-state index in [1.165, 1.54) is 6.20 Å². The lowest BCUT2D eigenvalue weighted by molar-refractivity contribution is 0.0989. The predicted octanol–water partition coefficient (Wildman–Crippen LogP) is -0.448. The van der Waals surface area contributed by atoms with Crippen LogP contribution in [0.2, 0.25) is 0 Å². The second-order valence-electron chi connectivity index (χ2n) is 2.29. The summed E-state index contributed by atoms with van der Waals surface area (Å²) in [6.07, 6.45) is 1.45. The lowest BCUT2D eigenvalue weighted by Gasteiger charge is -2.05. The molecule has 5 heteroatoms. The standard InChI is InChI=1S/C8H10N2O3/c9-8(12)7-6(13-5-4-11)2-1-3-10-7/h1-3,11H,4-5H2,(H2,9,12). The maximum Gasteiger partial charge on any atom is 0.271 e. The minimum Gasteiger partial charge on any atom is -0.489 e. The molecule has 0 spiro atoms. The van der Waals surface area contributed by atoms with Crippen LogP contribution < -0.4 is 10.5 Å². The summed E-state index contributed by atoms with van der Waals surface area (Å²) in [5.74, 6) is -0.349. The molecule has 5 nitrogen and oxygen atoms in total. The number of amides is 1. The van der Waals surface area contributed by atoms with Gasteiger partial charge < -0.3 is 15.6 Å². The number of aliphatic hydroxyl groups is 1. The summed E-state index contributed by atoms with van der Waals surface area (Å²) in [7, 11) is 0. The second kappa shape index (κ2) is 4.42. The highest BCUT2D eigenvalue weighted by atomic mass is 16.5. The zero-order valence-electron chi connectivity index (χ0n) is 6.93. The average Bonchev–Trinajstić information content (AvgIpc) is 2.15. The Balaban J connectivity index is 2.84. The molecule has 0 radical (unpaired) electrons. The Morgan fingerprint density at radius 1 is 1.69 bits per heavy atom. The van der Waals surface area contributed by atoms with Crippen molar-refractivity contribution in [3.05, 3.63) is 24.0 Å². The topological polar surface area (TPSA) is 85.4 Å². The molecule has 13 heavy (non-hydrogen) atoms. The van der Waals surface area contributed by atoms with Gasteiger partial charge in [0.05, 0.1) is 6.61 Å². The third-order valence-electron chi connectivity index (χ3n) is 1.35. The molecule has 70 valence electrons. The highest BCUT2D eigenvalue weighted by Crippen LogP contribution is 2.13. The van der Waals surface area contributed by atoms with E-state index in [0.717, 1.165) is 0 Å². The number of nitrogens with zero attached hydrogens (tertiary/aromatic N) is 1. The van der Waals surface area contributed by atoms with E-state index in [2.05, 4.69) is 4.98 Å². The van der Waals surface area contributed by atoms with Crippen molar-refractivity contribution in [1.29, 1.82) is 0 Å². The maximum absolute atomic E-state index is 10.8. The van der Waals surface area contributed by atoms with Crippen LogP contribution in [0.5, 0.6) is 5.75 Å². The molecule has 0 bridgehead atoms. The van der Waals surface area contributed by atoms with E-state index in [9.17, 15) is 4.79 Å². The third kappa shape index (κ3) is 2.41. The Morgan fingerprint density at radius 2 is 2.46 bits per heavy atom. The summed E-state index contributed by atoms with van der Waals surface area (Å²) in [6, 6.07) is 3.20. The molecule has 1 amide bonds. The van der Waals surface area contributed by atoms with Crippen LogP contribution in [0.1, 0.15) is 10.5 Å². The molecule has 0 saturated heterocycles. The number of aromatic nitrogens is 1. The van der Waals surface area contributed by atoms with Crippen LogP contribution in [-0.2, 0) is 0 Å². The molecular weight excluding hydrogens is 172 g/mol. The van der Waals surface area contributed by atoms with Crippen molar-refractivity contribution in [3.8, 4) is 5.75 Å². The monoisotopic (exact) mass is 182 g/mol. The van der Waals surface area contributed by atoms with Crippen molar-refractivity contribution in [3.63, 3.8) is 0 Å². The fourth-order valence-electron chi connectivity index (χ4n) is 0.848. The Labute approximate surface area is 75.2 Å². The van der Waals surface area contributed by atoms with Gasteiger partial charge in [0.2, 0.25) is 0 Å². The summed E-state index contributed by atoms with van der Waals surface area (Å²) in [5, 5.41) is 8.50. The molecule has 0 fully saturated rings. The van der Waals surface area contributed by atoms with Gasteiger partial charge >= 0.3 is 0 Å². The van der Waals surface area contributed by atoms with Gasteiger partial charge in [0.15, 0.2) is 11.4 Å². The minimum absolute atomic E-state index is 0.0796. The van der Waals surface area contributed by atoms with E-state index in [0.29, 0.717) is 5.75 Å². The van der Waals surface area contributed by atoms with Crippen molar-refractivity contribution in [1.82, 2.24) is 4.98 Å².